The number of aromatic nitrogens is 8. The molecule has 0 spiro atoms. The van der Waals surface area contributed by atoms with Gasteiger partial charge >= 0.3 is 6.18 Å². The Hall–Kier alpha value is -3.76. The van der Waals surface area contributed by atoms with Crippen LogP contribution < -0.4 is 0 Å². The molecule has 5 aromatic rings. The lowest BCUT2D eigenvalue weighted by Gasteiger charge is -2.04. The van der Waals surface area contributed by atoms with Crippen LogP contribution in [0, 0.1) is 0 Å². The van der Waals surface area contributed by atoms with Crippen LogP contribution in [0.25, 0.3) is 33.9 Å². The fraction of sp³-hybridized carbons (Fsp3) is 0.118. The van der Waals surface area contributed by atoms with Crippen LogP contribution in [0.5, 0.6) is 0 Å². The van der Waals surface area contributed by atoms with Gasteiger partial charge in [0.2, 0.25) is 5.82 Å². The highest BCUT2D eigenvalue weighted by molar-refractivity contribution is 5.89. The molecule has 0 unspecified atom stereocenters. The maximum Gasteiger partial charge on any atom is 0.433 e. The highest BCUT2D eigenvalue weighted by atomic mass is 19.4. The SMILES string of the molecule is Cn1nc(-c2nc3c4cnn(-c5ccccc5)c4ncn3n2)cc1C(F)(F)F. The van der Waals surface area contributed by atoms with Crippen LogP contribution in [0.4, 0.5) is 13.2 Å². The van der Waals surface area contributed by atoms with E-state index < -0.39 is 11.9 Å². The first-order chi connectivity index (χ1) is 13.4. The number of rotatable bonds is 2. The molecule has 8 nitrogen and oxygen atoms in total. The Balaban J connectivity index is 1.66. The van der Waals surface area contributed by atoms with E-state index in [1.807, 2.05) is 30.3 Å². The molecule has 0 radical (unpaired) electrons. The third-order valence-corrected chi connectivity index (χ3v) is 4.31. The average molecular weight is 384 g/mol. The van der Waals surface area contributed by atoms with E-state index in [2.05, 4.69) is 25.3 Å². The minimum Gasteiger partial charge on any atom is -0.263 e. The second-order valence-corrected chi connectivity index (χ2v) is 6.11. The standard InChI is InChI=1S/C17H11F3N8/c1-26-13(17(18,19)20)7-12(24-26)14-23-16-11-8-22-28(10-5-3-2-4-6-10)15(11)21-9-27(16)25-14/h2-9H,1H3. The first kappa shape index (κ1) is 16.4. The molecule has 0 aliphatic heterocycles. The second-order valence-electron chi connectivity index (χ2n) is 6.11. The molecule has 0 saturated heterocycles. The molecular formula is C17H11F3N8. The van der Waals surface area contributed by atoms with Crippen LogP contribution in [0.15, 0.2) is 48.9 Å². The van der Waals surface area contributed by atoms with Crippen molar-refractivity contribution in [3.8, 4) is 17.2 Å². The Bertz CT molecular complexity index is 1310. The zero-order valence-corrected chi connectivity index (χ0v) is 14.3. The normalized spacial score (nSPS) is 12.3. The van der Waals surface area contributed by atoms with Crippen molar-refractivity contribution in [1.29, 1.82) is 0 Å². The van der Waals surface area contributed by atoms with Gasteiger partial charge in [-0.05, 0) is 18.2 Å². The summed E-state index contributed by atoms with van der Waals surface area (Å²) >= 11 is 0. The summed E-state index contributed by atoms with van der Waals surface area (Å²) in [7, 11) is 1.23. The second kappa shape index (κ2) is 5.62. The van der Waals surface area contributed by atoms with Crippen molar-refractivity contribution >= 4 is 16.7 Å². The molecule has 140 valence electrons. The Morgan fingerprint density at radius 1 is 1.00 bits per heavy atom. The molecule has 28 heavy (non-hydrogen) atoms. The number of benzene rings is 1. The molecule has 0 aliphatic rings. The maximum absolute atomic E-state index is 13.0. The van der Waals surface area contributed by atoms with Gasteiger partial charge < -0.3 is 0 Å². The molecule has 4 heterocycles. The molecule has 0 amide bonds. The number of nitrogens with zero attached hydrogens (tertiary/aromatic N) is 8. The van der Waals surface area contributed by atoms with Crippen LogP contribution in [-0.2, 0) is 13.2 Å². The molecule has 0 atom stereocenters. The van der Waals surface area contributed by atoms with E-state index >= 15 is 0 Å². The number of halogens is 3. The minimum atomic E-state index is -4.51. The zero-order chi connectivity index (χ0) is 19.5. The van der Waals surface area contributed by atoms with Crippen LogP contribution >= 0.6 is 0 Å². The lowest BCUT2D eigenvalue weighted by molar-refractivity contribution is -0.143. The molecule has 0 saturated carbocycles. The number of para-hydroxylation sites is 1. The number of aryl methyl sites for hydroxylation is 1. The molecule has 0 N–H and O–H groups in total. The van der Waals surface area contributed by atoms with Gasteiger partial charge in [0.05, 0.1) is 17.3 Å². The van der Waals surface area contributed by atoms with E-state index in [0.29, 0.717) is 16.7 Å². The van der Waals surface area contributed by atoms with Gasteiger partial charge in [0, 0.05) is 7.05 Å². The van der Waals surface area contributed by atoms with Crippen molar-refractivity contribution in [2.45, 2.75) is 6.18 Å². The maximum atomic E-state index is 13.0. The molecule has 11 heteroatoms. The lowest BCUT2D eigenvalue weighted by Crippen LogP contribution is -2.11. The van der Waals surface area contributed by atoms with Crippen LogP contribution in [0.2, 0.25) is 0 Å². The third kappa shape index (κ3) is 2.43. The van der Waals surface area contributed by atoms with Gasteiger partial charge in [-0.1, -0.05) is 18.2 Å². The van der Waals surface area contributed by atoms with Crippen LogP contribution in [0.3, 0.4) is 0 Å². The van der Waals surface area contributed by atoms with E-state index in [9.17, 15) is 13.2 Å². The largest absolute Gasteiger partial charge is 0.433 e. The lowest BCUT2D eigenvalue weighted by atomic mass is 10.3. The summed E-state index contributed by atoms with van der Waals surface area (Å²) in [5.41, 5.74) is 0.980. The van der Waals surface area contributed by atoms with Crippen molar-refractivity contribution in [3.63, 3.8) is 0 Å². The van der Waals surface area contributed by atoms with Gasteiger partial charge in [0.15, 0.2) is 11.3 Å². The first-order valence-electron chi connectivity index (χ1n) is 8.18. The van der Waals surface area contributed by atoms with Crippen molar-refractivity contribution in [2.75, 3.05) is 0 Å². The number of alkyl halides is 3. The van der Waals surface area contributed by atoms with E-state index in [1.165, 1.54) is 17.9 Å². The van der Waals surface area contributed by atoms with E-state index in [-0.39, 0.29) is 11.5 Å². The first-order valence-corrected chi connectivity index (χ1v) is 8.18. The highest BCUT2D eigenvalue weighted by Gasteiger charge is 2.35. The molecule has 0 fully saturated rings. The monoisotopic (exact) mass is 384 g/mol. The number of hydrogen-bond acceptors (Lipinski definition) is 5. The van der Waals surface area contributed by atoms with Crippen LogP contribution in [-0.4, -0.2) is 39.1 Å². The van der Waals surface area contributed by atoms with Gasteiger partial charge in [-0.15, -0.1) is 5.10 Å². The van der Waals surface area contributed by atoms with Crippen molar-refractivity contribution in [2.24, 2.45) is 7.05 Å². The molecule has 0 aliphatic carbocycles. The molecular weight excluding hydrogens is 373 g/mol. The van der Waals surface area contributed by atoms with Crippen molar-refractivity contribution in [3.05, 3.63) is 54.6 Å². The predicted molar refractivity (Wildman–Crippen MR) is 92.6 cm³/mol. The van der Waals surface area contributed by atoms with E-state index in [0.717, 1.165) is 16.4 Å². The van der Waals surface area contributed by atoms with Crippen LogP contribution in [0.1, 0.15) is 5.69 Å². The van der Waals surface area contributed by atoms with Gasteiger partial charge in [0.25, 0.3) is 0 Å². The minimum absolute atomic E-state index is 0.0297. The fourth-order valence-electron chi connectivity index (χ4n) is 3.03. The molecule has 5 rings (SSSR count). The summed E-state index contributed by atoms with van der Waals surface area (Å²) in [6, 6.07) is 10.4. The summed E-state index contributed by atoms with van der Waals surface area (Å²) in [6.45, 7) is 0. The number of hydrogen-bond donors (Lipinski definition) is 0. The summed E-state index contributed by atoms with van der Waals surface area (Å²) in [5, 5.41) is 13.1. The summed E-state index contributed by atoms with van der Waals surface area (Å²) in [4.78, 5) is 8.74. The van der Waals surface area contributed by atoms with Gasteiger partial charge in [-0.25, -0.2) is 19.2 Å². The Kier molecular flexibility index (Phi) is 3.29. The summed E-state index contributed by atoms with van der Waals surface area (Å²) in [6.07, 6.45) is -1.46. The van der Waals surface area contributed by atoms with Gasteiger partial charge in [-0.2, -0.15) is 23.4 Å². The quantitative estimate of drug-likeness (QED) is 0.468. The molecule has 4 aromatic heterocycles. The smallest absolute Gasteiger partial charge is 0.263 e. The third-order valence-electron chi connectivity index (χ3n) is 4.31. The van der Waals surface area contributed by atoms with Gasteiger partial charge in [-0.3, -0.25) is 4.68 Å². The summed E-state index contributed by atoms with van der Waals surface area (Å²) < 4.78 is 42.9. The molecule has 0 bridgehead atoms. The number of fused-ring (bicyclic) bond motifs is 3. The Morgan fingerprint density at radius 3 is 2.50 bits per heavy atom. The van der Waals surface area contributed by atoms with E-state index in [1.54, 1.807) is 10.9 Å². The zero-order valence-electron chi connectivity index (χ0n) is 14.3. The Morgan fingerprint density at radius 2 is 1.79 bits per heavy atom. The highest BCUT2D eigenvalue weighted by Crippen LogP contribution is 2.31. The van der Waals surface area contributed by atoms with Crippen molar-refractivity contribution in [1.82, 2.24) is 39.1 Å². The average Bonchev–Trinajstić information content (AvgIpc) is 3.36. The van der Waals surface area contributed by atoms with Crippen molar-refractivity contribution < 1.29 is 13.2 Å². The van der Waals surface area contributed by atoms with E-state index in [4.69, 9.17) is 0 Å². The molecule has 1 aromatic carbocycles. The topological polar surface area (TPSA) is 78.7 Å². The summed E-state index contributed by atoms with van der Waals surface area (Å²) in [5.74, 6) is 0.0767. The predicted octanol–water partition coefficient (Wildman–Crippen LogP) is 2.88. The van der Waals surface area contributed by atoms with Gasteiger partial charge in [0.1, 0.15) is 17.7 Å². The fourth-order valence-corrected chi connectivity index (χ4v) is 3.03. The Labute approximate surface area is 154 Å².